The van der Waals surface area contributed by atoms with Crippen molar-refractivity contribution in [3.63, 3.8) is 0 Å². The molecule has 1 aromatic heterocycles. The molecule has 3 heteroatoms. The van der Waals surface area contributed by atoms with Gasteiger partial charge in [0.05, 0.1) is 5.69 Å². The van der Waals surface area contributed by atoms with Crippen LogP contribution in [0.3, 0.4) is 0 Å². The first-order chi connectivity index (χ1) is 6.74. The van der Waals surface area contributed by atoms with Gasteiger partial charge in [-0.1, -0.05) is 26.2 Å². The molecular formula is C11H17NOS. The second kappa shape index (κ2) is 5.91. The molecule has 0 atom stereocenters. The van der Waals surface area contributed by atoms with E-state index in [2.05, 4.69) is 11.9 Å². The van der Waals surface area contributed by atoms with Crippen molar-refractivity contribution < 1.29 is 4.79 Å². The number of unbranched alkanes of at least 4 members (excludes halogenated alkanes) is 3. The molecule has 0 fully saturated rings. The normalized spacial score (nSPS) is 10.4. The Morgan fingerprint density at radius 1 is 1.43 bits per heavy atom. The maximum absolute atomic E-state index is 11.0. The van der Waals surface area contributed by atoms with E-state index in [4.69, 9.17) is 0 Å². The number of carbonyl (C=O) groups excluding carboxylic acids is 1. The minimum Gasteiger partial charge on any atom is -0.292 e. The van der Waals surface area contributed by atoms with Crippen LogP contribution in [0, 0.1) is 0 Å². The molecule has 1 aromatic rings. The lowest BCUT2D eigenvalue weighted by Crippen LogP contribution is -1.92. The average Bonchev–Trinajstić information content (AvgIpc) is 2.61. The van der Waals surface area contributed by atoms with Gasteiger partial charge in [0.1, 0.15) is 0 Å². The number of rotatable bonds is 6. The van der Waals surface area contributed by atoms with Crippen LogP contribution in [-0.2, 0) is 6.42 Å². The molecule has 0 saturated heterocycles. The maximum atomic E-state index is 11.0. The van der Waals surface area contributed by atoms with Gasteiger partial charge in [-0.05, 0) is 12.8 Å². The number of nitrogens with zero attached hydrogens (tertiary/aromatic N) is 1. The molecule has 1 rings (SSSR count). The smallest absolute Gasteiger partial charge is 0.188 e. The van der Waals surface area contributed by atoms with Crippen LogP contribution in [-0.4, -0.2) is 10.8 Å². The molecule has 0 aromatic carbocycles. The maximum Gasteiger partial charge on any atom is 0.188 e. The van der Waals surface area contributed by atoms with E-state index in [1.807, 2.05) is 5.38 Å². The summed E-state index contributed by atoms with van der Waals surface area (Å²) in [6.07, 6.45) is 6.03. The highest BCUT2D eigenvalue weighted by molar-refractivity contribution is 7.11. The van der Waals surface area contributed by atoms with Crippen molar-refractivity contribution in [3.05, 3.63) is 16.1 Å². The van der Waals surface area contributed by atoms with Crippen molar-refractivity contribution in [1.29, 1.82) is 0 Å². The number of thiazole rings is 1. The predicted molar refractivity (Wildman–Crippen MR) is 60.0 cm³/mol. The first-order valence-corrected chi connectivity index (χ1v) is 6.07. The Balaban J connectivity index is 2.33. The Morgan fingerprint density at radius 3 is 2.79 bits per heavy atom. The third-order valence-electron chi connectivity index (χ3n) is 2.14. The molecule has 78 valence electrons. The summed E-state index contributed by atoms with van der Waals surface area (Å²) in [5, 5.41) is 2.65. The van der Waals surface area contributed by atoms with Gasteiger partial charge in [-0.3, -0.25) is 4.79 Å². The number of hydrogen-bond acceptors (Lipinski definition) is 3. The largest absolute Gasteiger partial charge is 0.292 e. The monoisotopic (exact) mass is 211 g/mol. The number of aryl methyl sites for hydroxylation is 1. The van der Waals surface area contributed by atoms with Crippen LogP contribution in [0.2, 0.25) is 0 Å². The first kappa shape index (κ1) is 11.4. The van der Waals surface area contributed by atoms with Gasteiger partial charge in [-0.2, -0.15) is 0 Å². The van der Waals surface area contributed by atoms with Gasteiger partial charge >= 0.3 is 0 Å². The second-order valence-electron chi connectivity index (χ2n) is 3.51. The summed E-state index contributed by atoms with van der Waals surface area (Å²) in [6, 6.07) is 0. The highest BCUT2D eigenvalue weighted by atomic mass is 32.1. The van der Waals surface area contributed by atoms with Crippen LogP contribution in [0.15, 0.2) is 5.38 Å². The second-order valence-corrected chi connectivity index (χ2v) is 4.37. The highest BCUT2D eigenvalue weighted by Gasteiger charge is 2.05. The van der Waals surface area contributed by atoms with Crippen LogP contribution >= 0.6 is 11.3 Å². The summed E-state index contributed by atoms with van der Waals surface area (Å²) < 4.78 is 0. The van der Waals surface area contributed by atoms with Gasteiger partial charge in [0.2, 0.25) is 0 Å². The van der Waals surface area contributed by atoms with Gasteiger partial charge in [-0.15, -0.1) is 11.3 Å². The van der Waals surface area contributed by atoms with E-state index in [1.54, 1.807) is 6.92 Å². The summed E-state index contributed by atoms with van der Waals surface area (Å²) in [7, 11) is 0. The standard InChI is InChI=1S/C11H17NOS/c1-3-4-5-6-7-10-8-14-11(12-10)9(2)13/h8H,3-7H2,1-2H3. The number of ketones is 1. The molecule has 2 nitrogen and oxygen atoms in total. The minimum atomic E-state index is 0.0785. The summed E-state index contributed by atoms with van der Waals surface area (Å²) in [5.41, 5.74) is 1.08. The van der Waals surface area contributed by atoms with E-state index in [9.17, 15) is 4.79 Å². The van der Waals surface area contributed by atoms with E-state index >= 15 is 0 Å². The van der Waals surface area contributed by atoms with Crippen molar-refractivity contribution in [2.24, 2.45) is 0 Å². The molecule has 1 heterocycles. The Hall–Kier alpha value is -0.700. The van der Waals surface area contributed by atoms with Gasteiger partial charge in [0.15, 0.2) is 10.8 Å². The fourth-order valence-corrected chi connectivity index (χ4v) is 2.07. The number of carbonyl (C=O) groups is 1. The van der Waals surface area contributed by atoms with E-state index in [0.717, 1.165) is 12.1 Å². The molecule has 0 N–H and O–H groups in total. The predicted octanol–water partition coefficient (Wildman–Crippen LogP) is 3.47. The number of hydrogen-bond donors (Lipinski definition) is 0. The number of Topliss-reactive ketones (excluding diaryl/α,β-unsaturated/α-hetero) is 1. The zero-order valence-electron chi connectivity index (χ0n) is 8.88. The van der Waals surface area contributed by atoms with Crippen molar-refractivity contribution >= 4 is 17.1 Å². The Kier molecular flexibility index (Phi) is 4.80. The van der Waals surface area contributed by atoms with Crippen LogP contribution in [0.5, 0.6) is 0 Å². The van der Waals surface area contributed by atoms with Crippen molar-refractivity contribution in [2.75, 3.05) is 0 Å². The van der Waals surface area contributed by atoms with Crippen molar-refractivity contribution in [2.45, 2.75) is 46.0 Å². The zero-order chi connectivity index (χ0) is 10.4. The molecule has 14 heavy (non-hydrogen) atoms. The van der Waals surface area contributed by atoms with Crippen LogP contribution in [0.1, 0.15) is 55.0 Å². The summed E-state index contributed by atoms with van der Waals surface area (Å²) in [5.74, 6) is 0.0785. The fraction of sp³-hybridized carbons (Fsp3) is 0.636. The minimum absolute atomic E-state index is 0.0785. The van der Waals surface area contributed by atoms with Gasteiger partial charge in [0, 0.05) is 12.3 Å². The molecule has 0 bridgehead atoms. The SMILES string of the molecule is CCCCCCc1csc(C(C)=O)n1. The average molecular weight is 211 g/mol. The molecule has 0 spiro atoms. The number of aromatic nitrogens is 1. The first-order valence-electron chi connectivity index (χ1n) is 5.19. The molecule has 0 aliphatic heterocycles. The van der Waals surface area contributed by atoms with Crippen molar-refractivity contribution in [1.82, 2.24) is 4.98 Å². The summed E-state index contributed by atoms with van der Waals surface area (Å²) in [4.78, 5) is 15.3. The molecular weight excluding hydrogens is 194 g/mol. The lowest BCUT2D eigenvalue weighted by Gasteiger charge is -1.95. The third-order valence-corrected chi connectivity index (χ3v) is 3.13. The van der Waals surface area contributed by atoms with Crippen LogP contribution in [0.25, 0.3) is 0 Å². The van der Waals surface area contributed by atoms with Gasteiger partial charge in [0.25, 0.3) is 0 Å². The van der Waals surface area contributed by atoms with E-state index in [-0.39, 0.29) is 5.78 Å². The lowest BCUT2D eigenvalue weighted by molar-refractivity contribution is 0.101. The molecule has 0 amide bonds. The van der Waals surface area contributed by atoms with Crippen LogP contribution in [0.4, 0.5) is 0 Å². The third kappa shape index (κ3) is 3.58. The van der Waals surface area contributed by atoms with E-state index in [0.29, 0.717) is 5.01 Å². The summed E-state index contributed by atoms with van der Waals surface area (Å²) in [6.45, 7) is 3.77. The van der Waals surface area contributed by atoms with Crippen LogP contribution < -0.4 is 0 Å². The molecule has 0 saturated carbocycles. The zero-order valence-corrected chi connectivity index (χ0v) is 9.69. The summed E-state index contributed by atoms with van der Waals surface area (Å²) >= 11 is 1.46. The Bertz CT molecular complexity index is 293. The molecule has 0 aliphatic carbocycles. The van der Waals surface area contributed by atoms with E-state index < -0.39 is 0 Å². The topological polar surface area (TPSA) is 30.0 Å². The molecule has 0 radical (unpaired) electrons. The Morgan fingerprint density at radius 2 is 2.21 bits per heavy atom. The Labute approximate surface area is 89.4 Å². The highest BCUT2D eigenvalue weighted by Crippen LogP contribution is 2.13. The van der Waals surface area contributed by atoms with Gasteiger partial charge < -0.3 is 0 Å². The fourth-order valence-electron chi connectivity index (χ4n) is 1.32. The van der Waals surface area contributed by atoms with E-state index in [1.165, 1.54) is 37.0 Å². The molecule has 0 aliphatic rings. The van der Waals surface area contributed by atoms with Crippen molar-refractivity contribution in [3.8, 4) is 0 Å². The quantitative estimate of drug-likeness (QED) is 0.532. The molecule has 0 unspecified atom stereocenters. The lowest BCUT2D eigenvalue weighted by atomic mass is 10.1. The van der Waals surface area contributed by atoms with Gasteiger partial charge in [-0.25, -0.2) is 4.98 Å².